The summed E-state index contributed by atoms with van der Waals surface area (Å²) >= 11 is 0. The van der Waals surface area contributed by atoms with Crippen molar-refractivity contribution in [1.29, 1.82) is 0 Å². The first-order valence-electron chi connectivity index (χ1n) is 11.3. The van der Waals surface area contributed by atoms with Crippen LogP contribution in [0.25, 0.3) is 11.0 Å². The second-order valence-electron chi connectivity index (χ2n) is 8.33. The van der Waals surface area contributed by atoms with Crippen molar-refractivity contribution < 1.29 is 22.8 Å². The minimum absolute atomic E-state index is 0.0227. The van der Waals surface area contributed by atoms with Gasteiger partial charge in [0.15, 0.2) is 11.6 Å². The van der Waals surface area contributed by atoms with E-state index >= 15 is 4.39 Å². The smallest absolute Gasteiger partial charge is 0.323 e. The molecule has 2 heterocycles. The third-order valence-corrected chi connectivity index (χ3v) is 5.87. The van der Waals surface area contributed by atoms with Crippen LogP contribution in [0.4, 0.5) is 35.2 Å². The molecule has 1 aliphatic rings. The zero-order chi connectivity index (χ0) is 25.2. The van der Waals surface area contributed by atoms with Crippen LogP contribution < -0.4 is 15.5 Å². The van der Waals surface area contributed by atoms with Crippen LogP contribution in [0.5, 0.6) is 0 Å². The Balaban J connectivity index is 1.42. The van der Waals surface area contributed by atoms with Gasteiger partial charge in [0.25, 0.3) is 0 Å². The van der Waals surface area contributed by atoms with Gasteiger partial charge < -0.3 is 15.5 Å². The van der Waals surface area contributed by atoms with E-state index in [1.54, 1.807) is 12.3 Å². The molecular weight excluding hydrogens is 471 g/mol. The number of urea groups is 1. The molecule has 0 bridgehead atoms. The number of halogens is 3. The Labute approximate surface area is 204 Å². The van der Waals surface area contributed by atoms with E-state index in [9.17, 15) is 18.4 Å². The summed E-state index contributed by atoms with van der Waals surface area (Å²) in [6.07, 6.45) is 3.78. The summed E-state index contributed by atoms with van der Waals surface area (Å²) in [7, 11) is 0. The quantitative estimate of drug-likeness (QED) is 0.359. The van der Waals surface area contributed by atoms with E-state index in [1.807, 2.05) is 0 Å². The van der Waals surface area contributed by atoms with E-state index in [4.69, 9.17) is 0 Å². The Morgan fingerprint density at radius 3 is 2.47 bits per heavy atom. The minimum Gasteiger partial charge on any atom is -0.355 e. The Hall–Kier alpha value is -4.47. The molecule has 36 heavy (non-hydrogen) atoms. The van der Waals surface area contributed by atoms with E-state index < -0.39 is 40.5 Å². The number of carbonyl (C=O) groups excluding carboxylic acids is 2. The predicted molar refractivity (Wildman–Crippen MR) is 130 cm³/mol. The summed E-state index contributed by atoms with van der Waals surface area (Å²) in [4.78, 5) is 36.4. The average molecular weight is 491 g/mol. The van der Waals surface area contributed by atoms with E-state index in [-0.39, 0.29) is 11.3 Å². The lowest BCUT2D eigenvalue weighted by molar-refractivity contribution is 0.103. The zero-order valence-electron chi connectivity index (χ0n) is 18.9. The number of rotatable bonds is 5. The summed E-state index contributed by atoms with van der Waals surface area (Å²) in [5.74, 6) is -3.11. The number of nitrogens with one attached hydrogen (secondary N) is 2. The van der Waals surface area contributed by atoms with Gasteiger partial charge in [0.2, 0.25) is 0 Å². The SMILES string of the molecule is O=C(Nc1cccc(F)c1)Nc1ccc(F)c(C(=O)c2ccc3ncc(N4CCCC4)nc3c2)c1F. The second kappa shape index (κ2) is 9.65. The molecule has 0 saturated carbocycles. The van der Waals surface area contributed by atoms with Crippen LogP contribution in [0, 0.1) is 17.5 Å². The molecule has 5 rings (SSSR count). The molecular formula is C26H20F3N5O2. The Morgan fingerprint density at radius 1 is 0.889 bits per heavy atom. The number of nitrogens with zero attached hydrogens (tertiary/aromatic N) is 3. The monoisotopic (exact) mass is 491 g/mol. The van der Waals surface area contributed by atoms with E-state index in [1.165, 1.54) is 30.3 Å². The fraction of sp³-hybridized carbons (Fsp3) is 0.154. The number of hydrogen-bond acceptors (Lipinski definition) is 5. The van der Waals surface area contributed by atoms with Gasteiger partial charge in [0.05, 0.1) is 28.5 Å². The van der Waals surface area contributed by atoms with Crippen LogP contribution in [-0.4, -0.2) is 34.9 Å². The van der Waals surface area contributed by atoms with Crippen LogP contribution >= 0.6 is 0 Å². The van der Waals surface area contributed by atoms with Gasteiger partial charge in [-0.05, 0) is 61.4 Å². The van der Waals surface area contributed by atoms with Crippen LogP contribution in [0.15, 0.2) is 60.8 Å². The van der Waals surface area contributed by atoms with Gasteiger partial charge >= 0.3 is 6.03 Å². The Bertz CT molecular complexity index is 1490. The highest BCUT2D eigenvalue weighted by atomic mass is 19.1. The first-order valence-corrected chi connectivity index (χ1v) is 11.3. The Kier molecular flexibility index (Phi) is 6.24. The third-order valence-electron chi connectivity index (χ3n) is 5.87. The maximum absolute atomic E-state index is 15.2. The fourth-order valence-electron chi connectivity index (χ4n) is 4.09. The first kappa shape index (κ1) is 23.3. The lowest BCUT2D eigenvalue weighted by Crippen LogP contribution is -2.21. The van der Waals surface area contributed by atoms with E-state index in [0.29, 0.717) is 16.9 Å². The summed E-state index contributed by atoms with van der Waals surface area (Å²) in [5, 5.41) is 4.57. The number of fused-ring (bicyclic) bond motifs is 1. The summed E-state index contributed by atoms with van der Waals surface area (Å²) in [6.45, 7) is 1.73. The van der Waals surface area contributed by atoms with Crippen molar-refractivity contribution in [2.45, 2.75) is 12.8 Å². The molecule has 0 atom stereocenters. The van der Waals surface area contributed by atoms with Crippen molar-refractivity contribution in [1.82, 2.24) is 9.97 Å². The van der Waals surface area contributed by atoms with Crippen molar-refractivity contribution in [3.63, 3.8) is 0 Å². The number of carbonyl (C=O) groups is 2. The zero-order valence-corrected chi connectivity index (χ0v) is 18.9. The highest BCUT2D eigenvalue weighted by Gasteiger charge is 2.23. The van der Waals surface area contributed by atoms with Gasteiger partial charge in [-0.1, -0.05) is 6.07 Å². The number of ketones is 1. The van der Waals surface area contributed by atoms with Crippen LogP contribution in [0.1, 0.15) is 28.8 Å². The standard InChI is InChI=1S/C26H20F3N5O2/c27-16-4-3-5-17(13-16)31-26(36)33-20-9-7-18(28)23(24(20)29)25(35)15-6-8-19-21(12-15)32-22(14-30-19)34-10-1-2-11-34/h3-9,12-14H,1-2,10-11H2,(H2,31,33,36). The second-order valence-corrected chi connectivity index (χ2v) is 8.33. The predicted octanol–water partition coefficient (Wildman–Crippen LogP) is 5.52. The Morgan fingerprint density at radius 2 is 1.69 bits per heavy atom. The molecule has 2 amide bonds. The molecule has 4 aromatic rings. The largest absolute Gasteiger partial charge is 0.355 e. The van der Waals surface area contributed by atoms with Crippen LogP contribution in [-0.2, 0) is 0 Å². The van der Waals surface area contributed by atoms with Gasteiger partial charge in [0, 0.05) is 24.3 Å². The van der Waals surface area contributed by atoms with Crippen molar-refractivity contribution >= 4 is 40.0 Å². The van der Waals surface area contributed by atoms with Crippen molar-refractivity contribution in [2.75, 3.05) is 28.6 Å². The highest BCUT2D eigenvalue weighted by Crippen LogP contribution is 2.26. The molecule has 2 N–H and O–H groups in total. The lowest BCUT2D eigenvalue weighted by Gasteiger charge is -2.16. The van der Waals surface area contributed by atoms with E-state index in [0.717, 1.165) is 44.1 Å². The van der Waals surface area contributed by atoms with E-state index in [2.05, 4.69) is 25.5 Å². The molecule has 1 aliphatic heterocycles. The average Bonchev–Trinajstić information content (AvgIpc) is 3.40. The summed E-state index contributed by atoms with van der Waals surface area (Å²) < 4.78 is 43.2. The normalized spacial score (nSPS) is 13.1. The number of anilines is 3. The van der Waals surface area contributed by atoms with Gasteiger partial charge in [0.1, 0.15) is 17.5 Å². The molecule has 0 radical (unpaired) electrons. The maximum atomic E-state index is 15.2. The molecule has 1 aromatic heterocycles. The molecule has 0 unspecified atom stereocenters. The summed E-state index contributed by atoms with van der Waals surface area (Å²) in [6, 6.07) is 10.5. The number of benzene rings is 3. The number of amides is 2. The summed E-state index contributed by atoms with van der Waals surface area (Å²) in [5.41, 5.74) is -0.103. The molecule has 3 aromatic carbocycles. The molecule has 1 fully saturated rings. The highest BCUT2D eigenvalue weighted by molar-refractivity contribution is 6.11. The van der Waals surface area contributed by atoms with Crippen molar-refractivity contribution in [3.05, 3.63) is 89.4 Å². The maximum Gasteiger partial charge on any atom is 0.323 e. The van der Waals surface area contributed by atoms with Gasteiger partial charge in [-0.2, -0.15) is 0 Å². The minimum atomic E-state index is -1.23. The molecule has 0 spiro atoms. The third kappa shape index (κ3) is 4.70. The topological polar surface area (TPSA) is 87.2 Å². The van der Waals surface area contributed by atoms with Crippen molar-refractivity contribution in [3.8, 4) is 0 Å². The molecule has 7 nitrogen and oxygen atoms in total. The first-order chi connectivity index (χ1) is 17.4. The van der Waals surface area contributed by atoms with Crippen LogP contribution in [0.3, 0.4) is 0 Å². The van der Waals surface area contributed by atoms with Crippen LogP contribution in [0.2, 0.25) is 0 Å². The van der Waals surface area contributed by atoms with Gasteiger partial charge in [-0.25, -0.2) is 22.9 Å². The molecule has 1 saturated heterocycles. The molecule has 10 heteroatoms. The fourth-order valence-corrected chi connectivity index (χ4v) is 4.09. The van der Waals surface area contributed by atoms with Gasteiger partial charge in [-0.15, -0.1) is 0 Å². The number of aromatic nitrogens is 2. The molecule has 182 valence electrons. The van der Waals surface area contributed by atoms with Crippen molar-refractivity contribution in [2.24, 2.45) is 0 Å². The number of hydrogen-bond donors (Lipinski definition) is 2. The van der Waals surface area contributed by atoms with Gasteiger partial charge in [-0.3, -0.25) is 9.78 Å². The molecule has 0 aliphatic carbocycles. The lowest BCUT2D eigenvalue weighted by atomic mass is 10.0.